The van der Waals surface area contributed by atoms with Crippen molar-refractivity contribution in [1.29, 1.82) is 0 Å². The van der Waals surface area contributed by atoms with Crippen molar-refractivity contribution in [2.24, 2.45) is 0 Å². The number of rotatable bonds is 8. The van der Waals surface area contributed by atoms with E-state index in [9.17, 15) is 4.79 Å². The number of carbonyl (C=O) groups is 1. The van der Waals surface area contributed by atoms with E-state index in [0.717, 1.165) is 24.2 Å². The molecule has 0 amide bonds. The number of hydrogen-bond acceptors (Lipinski definition) is 3. The number of carboxylic acid groups (broad SMARTS) is 1. The fraction of sp³-hybridized carbons (Fsp3) is 0.500. The quantitative estimate of drug-likeness (QED) is 0.692. The Hall–Kier alpha value is -1.39. The lowest BCUT2D eigenvalue weighted by Crippen LogP contribution is -2.20. The van der Waals surface area contributed by atoms with E-state index in [4.69, 9.17) is 9.84 Å². The summed E-state index contributed by atoms with van der Waals surface area (Å²) in [6, 6.07) is 7.62. The predicted octanol–water partition coefficient (Wildman–Crippen LogP) is 1.83. The summed E-state index contributed by atoms with van der Waals surface area (Å²) in [6.07, 6.45) is 0.345. The highest BCUT2D eigenvalue weighted by Gasteiger charge is 2.00. The first-order valence-corrected chi connectivity index (χ1v) is 6.20. The van der Waals surface area contributed by atoms with Gasteiger partial charge in [-0.1, -0.05) is 24.3 Å². The van der Waals surface area contributed by atoms with Crippen LogP contribution < -0.4 is 5.32 Å². The van der Waals surface area contributed by atoms with Crippen LogP contribution in [0.5, 0.6) is 0 Å². The Morgan fingerprint density at radius 2 is 1.89 bits per heavy atom. The maximum Gasteiger partial charge on any atom is 0.307 e. The van der Waals surface area contributed by atoms with Crippen LogP contribution >= 0.6 is 0 Å². The van der Waals surface area contributed by atoms with Crippen LogP contribution in [0, 0.1) is 0 Å². The zero-order valence-electron chi connectivity index (χ0n) is 11.0. The van der Waals surface area contributed by atoms with Gasteiger partial charge < -0.3 is 15.2 Å². The van der Waals surface area contributed by atoms with E-state index in [2.05, 4.69) is 5.32 Å². The average Bonchev–Trinajstić information content (AvgIpc) is 2.30. The molecule has 0 radical (unpaired) electrons. The van der Waals surface area contributed by atoms with Gasteiger partial charge in [0.1, 0.15) is 0 Å². The minimum atomic E-state index is -0.799. The molecule has 0 fully saturated rings. The first-order valence-electron chi connectivity index (χ1n) is 6.20. The molecule has 1 aromatic carbocycles. The normalized spacial score (nSPS) is 10.8. The van der Waals surface area contributed by atoms with E-state index in [1.165, 1.54) is 0 Å². The number of aliphatic carboxylic acids is 1. The zero-order chi connectivity index (χ0) is 13.4. The number of hydrogen-bond donors (Lipinski definition) is 2. The molecule has 0 unspecified atom stereocenters. The van der Waals surface area contributed by atoms with Crippen molar-refractivity contribution in [2.45, 2.75) is 32.9 Å². The Labute approximate surface area is 108 Å². The number of nitrogens with one attached hydrogen (secondary N) is 1. The topological polar surface area (TPSA) is 58.6 Å². The van der Waals surface area contributed by atoms with Gasteiger partial charge in [0.2, 0.25) is 0 Å². The van der Waals surface area contributed by atoms with Gasteiger partial charge in [0.25, 0.3) is 0 Å². The Balaban J connectivity index is 2.24. The maximum absolute atomic E-state index is 10.5. The van der Waals surface area contributed by atoms with Gasteiger partial charge in [-0.3, -0.25) is 4.79 Å². The predicted molar refractivity (Wildman–Crippen MR) is 70.6 cm³/mol. The van der Waals surface area contributed by atoms with Crippen molar-refractivity contribution in [1.82, 2.24) is 5.32 Å². The van der Waals surface area contributed by atoms with Gasteiger partial charge in [-0.25, -0.2) is 0 Å². The zero-order valence-corrected chi connectivity index (χ0v) is 11.0. The van der Waals surface area contributed by atoms with Crippen molar-refractivity contribution >= 4 is 5.97 Å². The van der Waals surface area contributed by atoms with E-state index in [1.807, 2.05) is 38.1 Å². The molecular formula is C14H21NO3. The molecule has 0 aliphatic rings. The van der Waals surface area contributed by atoms with Gasteiger partial charge in [0.05, 0.1) is 19.1 Å². The summed E-state index contributed by atoms with van der Waals surface area (Å²) in [5.74, 6) is -0.799. The van der Waals surface area contributed by atoms with E-state index in [0.29, 0.717) is 6.61 Å². The Bertz CT molecular complexity index is 360. The molecule has 0 spiro atoms. The van der Waals surface area contributed by atoms with E-state index >= 15 is 0 Å². The van der Waals surface area contributed by atoms with Crippen molar-refractivity contribution in [3.63, 3.8) is 0 Å². The largest absolute Gasteiger partial charge is 0.481 e. The van der Waals surface area contributed by atoms with Gasteiger partial charge in [-0.05, 0) is 25.0 Å². The molecule has 0 bridgehead atoms. The molecule has 0 heterocycles. The highest BCUT2D eigenvalue weighted by Crippen LogP contribution is 2.05. The third-order valence-corrected chi connectivity index (χ3v) is 2.44. The monoisotopic (exact) mass is 251 g/mol. The van der Waals surface area contributed by atoms with Crippen LogP contribution in [0.25, 0.3) is 0 Å². The van der Waals surface area contributed by atoms with Gasteiger partial charge >= 0.3 is 5.97 Å². The second-order valence-electron chi connectivity index (χ2n) is 4.48. The molecule has 4 nitrogen and oxygen atoms in total. The SMILES string of the molecule is CC(C)OCCNCc1ccc(CC(=O)O)cc1. The molecule has 0 saturated carbocycles. The fourth-order valence-corrected chi connectivity index (χ4v) is 1.55. The van der Waals surface area contributed by atoms with Crippen LogP contribution in [-0.4, -0.2) is 30.3 Å². The third kappa shape index (κ3) is 6.37. The Morgan fingerprint density at radius 1 is 1.28 bits per heavy atom. The molecule has 0 atom stereocenters. The fourth-order valence-electron chi connectivity index (χ4n) is 1.55. The minimum Gasteiger partial charge on any atom is -0.481 e. The van der Waals surface area contributed by atoms with Crippen LogP contribution in [0.1, 0.15) is 25.0 Å². The van der Waals surface area contributed by atoms with Gasteiger partial charge in [0.15, 0.2) is 0 Å². The number of ether oxygens (including phenoxy) is 1. The van der Waals surface area contributed by atoms with E-state index in [-0.39, 0.29) is 12.5 Å². The summed E-state index contributed by atoms with van der Waals surface area (Å²) in [7, 11) is 0. The number of benzene rings is 1. The second kappa shape index (κ2) is 7.84. The summed E-state index contributed by atoms with van der Waals surface area (Å²) in [5, 5.41) is 11.9. The number of carboxylic acids is 1. The smallest absolute Gasteiger partial charge is 0.307 e. The lowest BCUT2D eigenvalue weighted by atomic mass is 10.1. The molecule has 2 N–H and O–H groups in total. The van der Waals surface area contributed by atoms with E-state index < -0.39 is 5.97 Å². The van der Waals surface area contributed by atoms with Gasteiger partial charge in [-0.15, -0.1) is 0 Å². The maximum atomic E-state index is 10.5. The minimum absolute atomic E-state index is 0.0793. The van der Waals surface area contributed by atoms with Crippen LogP contribution in [0.3, 0.4) is 0 Å². The first-order chi connectivity index (χ1) is 8.58. The molecule has 0 aliphatic carbocycles. The third-order valence-electron chi connectivity index (χ3n) is 2.44. The molecule has 0 aliphatic heterocycles. The molecule has 18 heavy (non-hydrogen) atoms. The summed E-state index contributed by atoms with van der Waals surface area (Å²) in [5.41, 5.74) is 1.98. The van der Waals surface area contributed by atoms with Gasteiger partial charge in [0, 0.05) is 13.1 Å². The highest BCUT2D eigenvalue weighted by atomic mass is 16.5. The van der Waals surface area contributed by atoms with E-state index in [1.54, 1.807) is 0 Å². The molecular weight excluding hydrogens is 230 g/mol. The Kier molecular flexibility index (Phi) is 6.39. The van der Waals surface area contributed by atoms with Crippen molar-refractivity contribution in [3.05, 3.63) is 35.4 Å². The van der Waals surface area contributed by atoms with Crippen molar-refractivity contribution in [3.8, 4) is 0 Å². The average molecular weight is 251 g/mol. The van der Waals surface area contributed by atoms with Crippen LogP contribution in [0.15, 0.2) is 24.3 Å². The summed E-state index contributed by atoms with van der Waals surface area (Å²) < 4.78 is 5.41. The molecule has 100 valence electrons. The summed E-state index contributed by atoms with van der Waals surface area (Å²) in [6.45, 7) is 6.32. The van der Waals surface area contributed by atoms with Crippen molar-refractivity contribution in [2.75, 3.05) is 13.2 Å². The van der Waals surface area contributed by atoms with Crippen molar-refractivity contribution < 1.29 is 14.6 Å². The first kappa shape index (κ1) is 14.7. The molecule has 4 heteroatoms. The Morgan fingerprint density at radius 3 is 2.44 bits per heavy atom. The van der Waals surface area contributed by atoms with Crippen LogP contribution in [-0.2, 0) is 22.5 Å². The van der Waals surface area contributed by atoms with Crippen LogP contribution in [0.2, 0.25) is 0 Å². The summed E-state index contributed by atoms with van der Waals surface area (Å²) >= 11 is 0. The lowest BCUT2D eigenvalue weighted by Gasteiger charge is -2.08. The summed E-state index contributed by atoms with van der Waals surface area (Å²) in [4.78, 5) is 10.5. The van der Waals surface area contributed by atoms with Gasteiger partial charge in [-0.2, -0.15) is 0 Å². The molecule has 0 saturated heterocycles. The molecule has 0 aromatic heterocycles. The second-order valence-corrected chi connectivity index (χ2v) is 4.48. The molecule has 1 aromatic rings. The van der Waals surface area contributed by atoms with Crippen LogP contribution in [0.4, 0.5) is 0 Å². The lowest BCUT2D eigenvalue weighted by molar-refractivity contribution is -0.136. The standard InChI is InChI=1S/C14H21NO3/c1-11(2)18-8-7-15-10-13-5-3-12(4-6-13)9-14(16)17/h3-6,11,15H,7-10H2,1-2H3,(H,16,17). The molecule has 1 rings (SSSR count). The highest BCUT2D eigenvalue weighted by molar-refractivity contribution is 5.70.